The summed E-state index contributed by atoms with van der Waals surface area (Å²) >= 11 is 12.3. The average molecular weight is 241 g/mol. The Hall–Kier alpha value is -0.920. The van der Waals surface area contributed by atoms with Crippen LogP contribution in [0.15, 0.2) is 30.3 Å². The van der Waals surface area contributed by atoms with Gasteiger partial charge >= 0.3 is 0 Å². The van der Waals surface area contributed by atoms with Crippen LogP contribution in [0, 0.1) is 0 Å². The third-order valence-electron chi connectivity index (χ3n) is 2.18. The minimum atomic E-state index is 0.553. The molecule has 0 N–H and O–H groups in total. The second kappa shape index (κ2) is 4.30. The van der Waals surface area contributed by atoms with Gasteiger partial charge in [-0.3, -0.25) is 0 Å². The van der Waals surface area contributed by atoms with Crippen molar-refractivity contribution < 1.29 is 4.74 Å². The molecule has 15 heavy (non-hydrogen) atoms. The number of hydrogen-bond donors (Lipinski definition) is 0. The fraction of sp³-hybridized carbons (Fsp3) is 0.167. The Bertz CT molecular complexity index is 494. The lowest BCUT2D eigenvalue weighted by atomic mass is 10.1. The Morgan fingerprint density at radius 1 is 1.20 bits per heavy atom. The van der Waals surface area contributed by atoms with Crippen LogP contribution in [0.25, 0.3) is 10.8 Å². The zero-order valence-corrected chi connectivity index (χ0v) is 9.77. The van der Waals surface area contributed by atoms with Gasteiger partial charge in [0.1, 0.15) is 0 Å². The molecule has 0 aliphatic carbocycles. The molecule has 2 rings (SSSR count). The highest BCUT2D eigenvalue weighted by atomic mass is 35.5. The van der Waals surface area contributed by atoms with E-state index in [1.165, 1.54) is 0 Å². The molecule has 78 valence electrons. The normalized spacial score (nSPS) is 10.6. The van der Waals surface area contributed by atoms with Gasteiger partial charge in [0.05, 0.1) is 16.7 Å². The average Bonchev–Trinajstić information content (AvgIpc) is 2.24. The zero-order valence-electron chi connectivity index (χ0n) is 8.26. The minimum absolute atomic E-state index is 0.553. The van der Waals surface area contributed by atoms with Crippen molar-refractivity contribution in [1.29, 1.82) is 0 Å². The lowest BCUT2D eigenvalue weighted by Gasteiger charge is -2.10. The maximum atomic E-state index is 6.22. The van der Waals surface area contributed by atoms with Crippen LogP contribution in [0.4, 0.5) is 0 Å². The largest absolute Gasteiger partial charge is 0.491 e. The summed E-state index contributed by atoms with van der Waals surface area (Å²) in [6, 6.07) is 9.69. The fourth-order valence-corrected chi connectivity index (χ4v) is 2.17. The van der Waals surface area contributed by atoms with Crippen LogP contribution in [0.1, 0.15) is 6.92 Å². The fourth-order valence-electron chi connectivity index (χ4n) is 1.53. The summed E-state index contributed by atoms with van der Waals surface area (Å²) in [6.45, 7) is 2.46. The summed E-state index contributed by atoms with van der Waals surface area (Å²) in [5.41, 5.74) is 0. The van der Waals surface area contributed by atoms with Crippen LogP contribution in [0.2, 0.25) is 10.0 Å². The quantitative estimate of drug-likeness (QED) is 0.749. The second-order valence-electron chi connectivity index (χ2n) is 3.16. The Morgan fingerprint density at radius 3 is 2.67 bits per heavy atom. The first-order valence-electron chi connectivity index (χ1n) is 4.73. The van der Waals surface area contributed by atoms with E-state index in [1.54, 1.807) is 0 Å². The van der Waals surface area contributed by atoms with E-state index in [0.29, 0.717) is 22.4 Å². The summed E-state index contributed by atoms with van der Waals surface area (Å²) < 4.78 is 5.41. The third-order valence-corrected chi connectivity index (χ3v) is 2.84. The van der Waals surface area contributed by atoms with Crippen molar-refractivity contribution in [1.82, 2.24) is 0 Å². The summed E-state index contributed by atoms with van der Waals surface area (Å²) in [4.78, 5) is 0. The monoisotopic (exact) mass is 240 g/mol. The van der Waals surface area contributed by atoms with Crippen molar-refractivity contribution in [2.45, 2.75) is 6.92 Å². The van der Waals surface area contributed by atoms with Crippen molar-refractivity contribution >= 4 is 34.0 Å². The van der Waals surface area contributed by atoms with Crippen molar-refractivity contribution in [2.75, 3.05) is 6.61 Å². The maximum Gasteiger partial charge on any atom is 0.157 e. The molecule has 0 saturated carbocycles. The Morgan fingerprint density at radius 2 is 1.93 bits per heavy atom. The van der Waals surface area contributed by atoms with Crippen molar-refractivity contribution in [2.24, 2.45) is 0 Å². The highest BCUT2D eigenvalue weighted by Crippen LogP contribution is 2.39. The van der Waals surface area contributed by atoms with Gasteiger partial charge < -0.3 is 4.74 Å². The van der Waals surface area contributed by atoms with Gasteiger partial charge in [0.15, 0.2) is 5.75 Å². The standard InChI is InChI=1S/C12H10Cl2O/c1-2-15-12-10(13)7-8-5-3-4-6-9(8)11(12)14/h3-7H,2H2,1H3. The van der Waals surface area contributed by atoms with Crippen molar-refractivity contribution in [3.05, 3.63) is 40.4 Å². The van der Waals surface area contributed by atoms with Gasteiger partial charge in [-0.05, 0) is 18.4 Å². The number of fused-ring (bicyclic) bond motifs is 1. The number of halogens is 2. The van der Waals surface area contributed by atoms with Gasteiger partial charge in [-0.25, -0.2) is 0 Å². The van der Waals surface area contributed by atoms with E-state index in [4.69, 9.17) is 27.9 Å². The molecule has 0 radical (unpaired) electrons. The van der Waals surface area contributed by atoms with E-state index in [1.807, 2.05) is 37.3 Å². The van der Waals surface area contributed by atoms with Crippen LogP contribution in [-0.2, 0) is 0 Å². The molecule has 3 heteroatoms. The van der Waals surface area contributed by atoms with Gasteiger partial charge in [0, 0.05) is 5.39 Å². The minimum Gasteiger partial charge on any atom is -0.491 e. The molecule has 0 aliphatic heterocycles. The molecule has 1 nitrogen and oxygen atoms in total. The molecule has 0 spiro atoms. The molecule has 0 aliphatic rings. The van der Waals surface area contributed by atoms with Gasteiger partial charge in [0.25, 0.3) is 0 Å². The molecule has 0 atom stereocenters. The number of hydrogen-bond acceptors (Lipinski definition) is 1. The summed E-state index contributed by atoms with van der Waals surface area (Å²) in [7, 11) is 0. The SMILES string of the molecule is CCOc1c(Cl)cc2ccccc2c1Cl. The summed E-state index contributed by atoms with van der Waals surface area (Å²) in [5.74, 6) is 0.569. The number of benzene rings is 2. The number of rotatable bonds is 2. The topological polar surface area (TPSA) is 9.23 Å². The van der Waals surface area contributed by atoms with Crippen LogP contribution >= 0.6 is 23.2 Å². The maximum absolute atomic E-state index is 6.22. The second-order valence-corrected chi connectivity index (χ2v) is 3.94. The van der Waals surface area contributed by atoms with Crippen LogP contribution in [-0.4, -0.2) is 6.61 Å². The zero-order chi connectivity index (χ0) is 10.8. The highest BCUT2D eigenvalue weighted by molar-refractivity contribution is 6.41. The van der Waals surface area contributed by atoms with Gasteiger partial charge in [-0.2, -0.15) is 0 Å². The Kier molecular flexibility index (Phi) is 3.03. The molecule has 0 bridgehead atoms. The third kappa shape index (κ3) is 1.90. The van der Waals surface area contributed by atoms with E-state index in [9.17, 15) is 0 Å². The van der Waals surface area contributed by atoms with Crippen LogP contribution < -0.4 is 4.74 Å². The lowest BCUT2D eigenvalue weighted by Crippen LogP contribution is -1.93. The first-order valence-corrected chi connectivity index (χ1v) is 5.49. The Balaban J connectivity index is 2.72. The summed E-state index contributed by atoms with van der Waals surface area (Å²) in [5, 5.41) is 3.13. The first-order chi connectivity index (χ1) is 7.24. The highest BCUT2D eigenvalue weighted by Gasteiger charge is 2.10. The molecule has 2 aromatic carbocycles. The smallest absolute Gasteiger partial charge is 0.157 e. The molecule has 2 aromatic rings. The van der Waals surface area contributed by atoms with Crippen molar-refractivity contribution in [3.8, 4) is 5.75 Å². The van der Waals surface area contributed by atoms with E-state index < -0.39 is 0 Å². The molecule has 0 saturated heterocycles. The molecular formula is C12H10Cl2O. The molecule has 0 aromatic heterocycles. The lowest BCUT2D eigenvalue weighted by molar-refractivity contribution is 0.341. The Labute approximate surface area is 98.6 Å². The number of ether oxygens (including phenoxy) is 1. The molecule has 0 heterocycles. The predicted octanol–water partition coefficient (Wildman–Crippen LogP) is 4.55. The van der Waals surface area contributed by atoms with Crippen molar-refractivity contribution in [3.63, 3.8) is 0 Å². The van der Waals surface area contributed by atoms with E-state index in [-0.39, 0.29) is 0 Å². The van der Waals surface area contributed by atoms with Gasteiger partial charge in [0.2, 0.25) is 0 Å². The molecule has 0 unspecified atom stereocenters. The van der Waals surface area contributed by atoms with Gasteiger partial charge in [-0.15, -0.1) is 0 Å². The first kappa shape index (κ1) is 10.6. The van der Waals surface area contributed by atoms with E-state index >= 15 is 0 Å². The van der Waals surface area contributed by atoms with E-state index in [0.717, 1.165) is 10.8 Å². The molecule has 0 fully saturated rings. The van der Waals surface area contributed by atoms with Crippen LogP contribution in [0.5, 0.6) is 5.75 Å². The van der Waals surface area contributed by atoms with Gasteiger partial charge in [-0.1, -0.05) is 47.5 Å². The molecule has 0 amide bonds. The van der Waals surface area contributed by atoms with Crippen LogP contribution in [0.3, 0.4) is 0 Å². The van der Waals surface area contributed by atoms with E-state index in [2.05, 4.69) is 0 Å². The predicted molar refractivity (Wildman–Crippen MR) is 65.1 cm³/mol. The summed E-state index contributed by atoms with van der Waals surface area (Å²) in [6.07, 6.45) is 0. The molecular weight excluding hydrogens is 231 g/mol.